The Morgan fingerprint density at radius 3 is 2.40 bits per heavy atom. The quantitative estimate of drug-likeness (QED) is 0.241. The molecule has 1 saturated heterocycles. The lowest BCUT2D eigenvalue weighted by Crippen LogP contribution is -2.63. The molecular weight excluding hydrogens is 242 g/mol. The number of nitrogens with one attached hydrogen (secondary N) is 1. The fourth-order valence-corrected chi connectivity index (χ4v) is 1.68. The van der Waals surface area contributed by atoms with Crippen LogP contribution in [0.4, 0.5) is 0 Å². The molecule has 0 aromatic heterocycles. The number of thiocarbonyl (C=S) groups is 1. The predicted octanol–water partition coefficient (Wildman–Crippen LogP) is -2.41. The van der Waals surface area contributed by atoms with Gasteiger partial charge >= 0.3 is 0 Å². The van der Waals surface area contributed by atoms with Crippen LogP contribution in [-0.4, -0.2) is 62.0 Å². The van der Waals surface area contributed by atoms with Crippen LogP contribution in [0.5, 0.6) is 0 Å². The van der Waals surface area contributed by atoms with Gasteiger partial charge in [-0.05, 0) is 0 Å². The smallest absolute Gasteiger partial charge is 0.178 e. The molecule has 5 unspecified atom stereocenters. The summed E-state index contributed by atoms with van der Waals surface area (Å²) in [6.07, 6.45) is -4.97. The van der Waals surface area contributed by atoms with Gasteiger partial charge in [-0.1, -0.05) is 12.2 Å². The molecule has 0 radical (unpaired) electrons. The van der Waals surface area contributed by atoms with E-state index in [2.05, 4.69) is 30.2 Å². The number of ether oxygens (including phenoxy) is 1. The van der Waals surface area contributed by atoms with Gasteiger partial charge in [0, 0.05) is 0 Å². The van der Waals surface area contributed by atoms with E-state index in [4.69, 9.17) is 9.84 Å². The minimum absolute atomic E-state index is 0.0661. The van der Waals surface area contributed by atoms with Crippen molar-refractivity contribution in [1.29, 1.82) is 0 Å². The molecule has 0 spiro atoms. The summed E-state index contributed by atoms with van der Waals surface area (Å²) in [4.78, 5) is 0. The second-order valence-corrected chi connectivity index (χ2v) is 4.36. The maximum absolute atomic E-state index is 9.60. The third-order valence-corrected chi connectivity index (χ3v) is 2.44. The average Bonchev–Trinajstić information content (AvgIpc) is 2.18. The number of aliphatic hydroxyl groups is 4. The maximum atomic E-state index is 9.60. The molecule has 0 aliphatic carbocycles. The summed E-state index contributed by atoms with van der Waals surface area (Å²) in [7, 11) is 0. The first kappa shape index (κ1) is 13.1. The van der Waals surface area contributed by atoms with Crippen molar-refractivity contribution in [1.82, 2.24) is 5.32 Å². The molecule has 1 heterocycles. The lowest BCUT2D eigenvalue weighted by Gasteiger charge is -2.40. The first-order valence-electron chi connectivity index (χ1n) is 4.27. The third-order valence-electron chi connectivity index (χ3n) is 2.19. The summed E-state index contributed by atoms with van der Waals surface area (Å²) >= 11 is 8.40. The van der Waals surface area contributed by atoms with E-state index in [9.17, 15) is 15.3 Å². The first-order chi connectivity index (χ1) is 6.97. The van der Waals surface area contributed by atoms with E-state index < -0.39 is 37.3 Å². The molecule has 0 bridgehead atoms. The summed E-state index contributed by atoms with van der Waals surface area (Å²) in [5, 5.41) is 39.8. The van der Waals surface area contributed by atoms with E-state index in [0.29, 0.717) is 0 Å². The van der Waals surface area contributed by atoms with Crippen LogP contribution in [0.15, 0.2) is 0 Å². The lowest BCUT2D eigenvalue weighted by atomic mass is 9.97. The second-order valence-electron chi connectivity index (χ2n) is 3.20. The Balaban J connectivity index is 2.70. The summed E-state index contributed by atoms with van der Waals surface area (Å²) in [6, 6.07) is -0.965. The number of hydrogen-bond acceptors (Lipinski definition) is 6. The first-order valence-corrected chi connectivity index (χ1v) is 5.13. The van der Waals surface area contributed by atoms with Crippen molar-refractivity contribution in [3.05, 3.63) is 0 Å². The van der Waals surface area contributed by atoms with Crippen LogP contribution in [0.1, 0.15) is 0 Å². The molecule has 1 aliphatic heterocycles. The van der Waals surface area contributed by atoms with Crippen molar-refractivity contribution < 1.29 is 25.2 Å². The lowest BCUT2D eigenvalue weighted by molar-refractivity contribution is -0.251. The fraction of sp³-hybridized carbons (Fsp3) is 0.857. The molecular formula is C7H13NO5S2. The van der Waals surface area contributed by atoms with Gasteiger partial charge in [-0.2, -0.15) is 0 Å². The van der Waals surface area contributed by atoms with Gasteiger partial charge in [0.15, 0.2) is 6.29 Å². The summed E-state index contributed by atoms with van der Waals surface area (Å²) < 4.78 is 4.94. The van der Waals surface area contributed by atoms with Gasteiger partial charge in [0.05, 0.1) is 6.61 Å². The van der Waals surface area contributed by atoms with Crippen LogP contribution < -0.4 is 5.32 Å². The molecule has 0 saturated carbocycles. The Morgan fingerprint density at radius 1 is 1.33 bits per heavy atom. The molecule has 0 aromatic rings. The highest BCUT2D eigenvalue weighted by Gasteiger charge is 2.43. The Morgan fingerprint density at radius 2 is 1.93 bits per heavy atom. The van der Waals surface area contributed by atoms with Crippen molar-refractivity contribution in [3.63, 3.8) is 0 Å². The zero-order valence-corrected chi connectivity index (χ0v) is 9.36. The van der Waals surface area contributed by atoms with Crippen molar-refractivity contribution in [2.75, 3.05) is 6.61 Å². The van der Waals surface area contributed by atoms with Crippen LogP contribution in [0.2, 0.25) is 0 Å². The minimum atomic E-state index is -1.37. The number of hydrogen-bond donors (Lipinski definition) is 6. The molecule has 88 valence electrons. The van der Waals surface area contributed by atoms with Gasteiger partial charge in [-0.25, -0.2) is 0 Å². The van der Waals surface area contributed by atoms with Crippen LogP contribution in [0.25, 0.3) is 0 Å². The maximum Gasteiger partial charge on any atom is 0.178 e. The monoisotopic (exact) mass is 255 g/mol. The van der Waals surface area contributed by atoms with Gasteiger partial charge in [0.25, 0.3) is 0 Å². The van der Waals surface area contributed by atoms with Crippen LogP contribution in [-0.2, 0) is 4.74 Å². The molecule has 8 heteroatoms. The van der Waals surface area contributed by atoms with Gasteiger partial charge in [-0.3, -0.25) is 0 Å². The standard InChI is InChI=1S/C7H13NO5S2/c9-1-2-4(10)5(11)3(6(12)13-2)8-7(14)15/h2-6,9-12H,1H2,(H2,8,14,15). The summed E-state index contributed by atoms with van der Waals surface area (Å²) in [5.74, 6) is 0. The van der Waals surface area contributed by atoms with Gasteiger partial charge < -0.3 is 30.5 Å². The highest BCUT2D eigenvalue weighted by Crippen LogP contribution is 2.19. The van der Waals surface area contributed by atoms with E-state index in [-0.39, 0.29) is 4.32 Å². The average molecular weight is 255 g/mol. The van der Waals surface area contributed by atoms with Crippen molar-refractivity contribution >= 4 is 29.2 Å². The van der Waals surface area contributed by atoms with E-state index in [1.54, 1.807) is 0 Å². The third kappa shape index (κ3) is 3.00. The van der Waals surface area contributed by atoms with Gasteiger partial charge in [0.2, 0.25) is 0 Å². The summed E-state index contributed by atoms with van der Waals surface area (Å²) in [5.41, 5.74) is 0. The minimum Gasteiger partial charge on any atom is -0.394 e. The van der Waals surface area contributed by atoms with E-state index >= 15 is 0 Å². The molecule has 5 atom stereocenters. The Kier molecular flexibility index (Phi) is 4.71. The van der Waals surface area contributed by atoms with Gasteiger partial charge in [0.1, 0.15) is 28.7 Å². The predicted molar refractivity (Wildman–Crippen MR) is 58.5 cm³/mol. The fourth-order valence-electron chi connectivity index (χ4n) is 1.40. The summed E-state index contributed by atoms with van der Waals surface area (Å²) in [6.45, 7) is -0.493. The zero-order valence-electron chi connectivity index (χ0n) is 7.65. The largest absolute Gasteiger partial charge is 0.394 e. The Labute approximate surface area is 97.3 Å². The van der Waals surface area contributed by atoms with Crippen molar-refractivity contribution in [2.24, 2.45) is 0 Å². The molecule has 1 rings (SSSR count). The van der Waals surface area contributed by atoms with E-state index in [0.717, 1.165) is 0 Å². The highest BCUT2D eigenvalue weighted by atomic mass is 32.1. The Bertz CT molecular complexity index is 241. The zero-order chi connectivity index (χ0) is 11.6. The van der Waals surface area contributed by atoms with E-state index in [1.165, 1.54) is 0 Å². The molecule has 15 heavy (non-hydrogen) atoms. The second kappa shape index (κ2) is 5.39. The van der Waals surface area contributed by atoms with Crippen LogP contribution >= 0.6 is 24.8 Å². The van der Waals surface area contributed by atoms with Crippen molar-refractivity contribution in [2.45, 2.75) is 30.6 Å². The molecule has 1 aliphatic rings. The van der Waals surface area contributed by atoms with Crippen LogP contribution in [0.3, 0.4) is 0 Å². The highest BCUT2D eigenvalue weighted by molar-refractivity contribution is 8.11. The Hall–Kier alpha value is 0.0400. The molecule has 5 N–H and O–H groups in total. The number of rotatable bonds is 2. The number of aliphatic hydroxyl groups excluding tert-OH is 4. The SMILES string of the molecule is OCC1OC(O)C(NC(=S)S)C(O)C1O. The van der Waals surface area contributed by atoms with Crippen LogP contribution in [0, 0.1) is 0 Å². The number of thiol groups is 1. The molecule has 0 aromatic carbocycles. The molecule has 0 amide bonds. The van der Waals surface area contributed by atoms with E-state index in [1.807, 2.05) is 0 Å². The molecule has 1 fully saturated rings. The van der Waals surface area contributed by atoms with Gasteiger partial charge in [-0.15, -0.1) is 12.6 Å². The van der Waals surface area contributed by atoms with Crippen molar-refractivity contribution in [3.8, 4) is 0 Å². The molecule has 6 nitrogen and oxygen atoms in total. The topological polar surface area (TPSA) is 102 Å². The normalized spacial score (nSPS) is 41.3.